The van der Waals surface area contributed by atoms with Crippen LogP contribution in [0.3, 0.4) is 0 Å². The van der Waals surface area contributed by atoms with E-state index in [0.717, 1.165) is 4.68 Å². The lowest BCUT2D eigenvalue weighted by Crippen LogP contribution is -2.26. The van der Waals surface area contributed by atoms with Crippen LogP contribution in [-0.4, -0.2) is 25.8 Å². The standard InChI is InChI=1S/C13H9N3O3S/c17-12-10-4-2-1-3-9(10)11(13(18)19)15-16(12)5-8-6-20-7-14-8/h1-4,6-7H,5H2,(H,18,19). The zero-order valence-electron chi connectivity index (χ0n) is 10.2. The highest BCUT2D eigenvalue weighted by Crippen LogP contribution is 2.13. The summed E-state index contributed by atoms with van der Waals surface area (Å²) in [4.78, 5) is 27.7. The van der Waals surface area contributed by atoms with Crippen LogP contribution in [-0.2, 0) is 6.54 Å². The van der Waals surface area contributed by atoms with E-state index in [0.29, 0.717) is 16.5 Å². The minimum atomic E-state index is -1.16. The fourth-order valence-electron chi connectivity index (χ4n) is 1.97. The van der Waals surface area contributed by atoms with Crippen LogP contribution in [0, 0.1) is 0 Å². The van der Waals surface area contributed by atoms with Gasteiger partial charge in [0, 0.05) is 10.8 Å². The van der Waals surface area contributed by atoms with E-state index in [9.17, 15) is 14.7 Å². The van der Waals surface area contributed by atoms with E-state index >= 15 is 0 Å². The molecular formula is C13H9N3O3S. The number of nitrogens with zero attached hydrogens (tertiary/aromatic N) is 3. The lowest BCUT2D eigenvalue weighted by Gasteiger charge is -2.07. The zero-order valence-corrected chi connectivity index (χ0v) is 11.0. The number of benzene rings is 1. The quantitative estimate of drug-likeness (QED) is 0.791. The minimum absolute atomic E-state index is 0.129. The monoisotopic (exact) mass is 287 g/mol. The molecule has 0 fully saturated rings. The number of fused-ring (bicyclic) bond motifs is 1. The summed E-state index contributed by atoms with van der Waals surface area (Å²) in [5.41, 5.74) is 1.88. The third kappa shape index (κ3) is 2.08. The van der Waals surface area contributed by atoms with Crippen molar-refractivity contribution in [1.29, 1.82) is 0 Å². The van der Waals surface area contributed by atoms with Crippen molar-refractivity contribution in [2.24, 2.45) is 0 Å². The molecule has 2 heterocycles. The highest BCUT2D eigenvalue weighted by Gasteiger charge is 2.15. The van der Waals surface area contributed by atoms with Crippen molar-refractivity contribution in [3.05, 3.63) is 56.9 Å². The van der Waals surface area contributed by atoms with Gasteiger partial charge in [0.05, 0.1) is 23.1 Å². The molecule has 20 heavy (non-hydrogen) atoms. The van der Waals surface area contributed by atoms with Crippen LogP contribution >= 0.6 is 11.3 Å². The fourth-order valence-corrected chi connectivity index (χ4v) is 2.52. The van der Waals surface area contributed by atoms with Crippen LogP contribution in [0.4, 0.5) is 0 Å². The first-order valence-corrected chi connectivity index (χ1v) is 6.71. The van der Waals surface area contributed by atoms with Gasteiger partial charge in [-0.25, -0.2) is 14.5 Å². The molecule has 0 radical (unpaired) electrons. The van der Waals surface area contributed by atoms with Crippen molar-refractivity contribution >= 4 is 28.1 Å². The Morgan fingerprint density at radius 3 is 2.70 bits per heavy atom. The molecule has 0 atom stereocenters. The Hall–Kier alpha value is -2.54. The molecule has 0 aliphatic rings. The molecule has 0 aliphatic carbocycles. The molecule has 0 unspecified atom stereocenters. The summed E-state index contributed by atoms with van der Waals surface area (Å²) in [5.74, 6) is -1.16. The summed E-state index contributed by atoms with van der Waals surface area (Å²) in [6.45, 7) is 0.160. The highest BCUT2D eigenvalue weighted by atomic mass is 32.1. The van der Waals surface area contributed by atoms with Gasteiger partial charge in [0.2, 0.25) is 0 Å². The first kappa shape index (κ1) is 12.5. The number of thiazole rings is 1. The van der Waals surface area contributed by atoms with Gasteiger partial charge >= 0.3 is 5.97 Å². The molecule has 100 valence electrons. The molecule has 0 aliphatic heterocycles. The number of aromatic carboxylic acids is 1. The number of carboxylic acids is 1. The highest BCUT2D eigenvalue weighted by molar-refractivity contribution is 7.07. The number of aromatic nitrogens is 3. The molecule has 3 aromatic rings. The van der Waals surface area contributed by atoms with Crippen LogP contribution in [0.25, 0.3) is 10.8 Å². The van der Waals surface area contributed by atoms with Gasteiger partial charge < -0.3 is 5.11 Å². The number of carboxylic acid groups (broad SMARTS) is 1. The van der Waals surface area contributed by atoms with Crippen molar-refractivity contribution in [1.82, 2.24) is 14.8 Å². The summed E-state index contributed by atoms with van der Waals surface area (Å²) in [6, 6.07) is 6.56. The Bertz CT molecular complexity index is 840. The molecule has 1 aromatic carbocycles. The summed E-state index contributed by atoms with van der Waals surface area (Å²) < 4.78 is 1.14. The van der Waals surface area contributed by atoms with Crippen molar-refractivity contribution in [3.63, 3.8) is 0 Å². The van der Waals surface area contributed by atoms with Gasteiger partial charge in [0.1, 0.15) is 0 Å². The fraction of sp³-hybridized carbons (Fsp3) is 0.0769. The van der Waals surface area contributed by atoms with Gasteiger partial charge in [-0.05, 0) is 6.07 Å². The topological polar surface area (TPSA) is 85.1 Å². The number of carbonyl (C=O) groups is 1. The Morgan fingerprint density at radius 1 is 1.30 bits per heavy atom. The van der Waals surface area contributed by atoms with Gasteiger partial charge in [0.25, 0.3) is 5.56 Å². The Labute approximate surface area is 116 Å². The van der Waals surface area contributed by atoms with Crippen LogP contribution in [0.1, 0.15) is 16.2 Å². The van der Waals surface area contributed by atoms with Crippen molar-refractivity contribution in [2.45, 2.75) is 6.54 Å². The van der Waals surface area contributed by atoms with E-state index < -0.39 is 5.97 Å². The van der Waals surface area contributed by atoms with Gasteiger partial charge in [-0.2, -0.15) is 5.10 Å². The minimum Gasteiger partial charge on any atom is -0.476 e. The summed E-state index contributed by atoms with van der Waals surface area (Å²) in [6.07, 6.45) is 0. The first-order valence-electron chi connectivity index (χ1n) is 5.77. The second-order valence-electron chi connectivity index (χ2n) is 4.14. The third-order valence-electron chi connectivity index (χ3n) is 2.87. The van der Waals surface area contributed by atoms with E-state index in [4.69, 9.17) is 0 Å². The molecule has 6 nitrogen and oxygen atoms in total. The van der Waals surface area contributed by atoms with Gasteiger partial charge in [-0.1, -0.05) is 18.2 Å². The molecule has 2 aromatic heterocycles. The maximum atomic E-state index is 12.3. The summed E-state index contributed by atoms with van der Waals surface area (Å²) >= 11 is 1.41. The average Bonchev–Trinajstić information content (AvgIpc) is 2.94. The van der Waals surface area contributed by atoms with Crippen molar-refractivity contribution < 1.29 is 9.90 Å². The zero-order chi connectivity index (χ0) is 14.1. The van der Waals surface area contributed by atoms with Gasteiger partial charge in [0.15, 0.2) is 5.69 Å². The maximum Gasteiger partial charge on any atom is 0.357 e. The average molecular weight is 287 g/mol. The maximum absolute atomic E-state index is 12.3. The smallest absolute Gasteiger partial charge is 0.357 e. The van der Waals surface area contributed by atoms with Crippen LogP contribution < -0.4 is 5.56 Å². The molecule has 0 spiro atoms. The molecule has 7 heteroatoms. The van der Waals surface area contributed by atoms with Crippen LogP contribution in [0.5, 0.6) is 0 Å². The molecule has 0 saturated carbocycles. The first-order chi connectivity index (χ1) is 9.66. The predicted molar refractivity (Wildman–Crippen MR) is 74.2 cm³/mol. The second kappa shape index (κ2) is 4.86. The summed E-state index contributed by atoms with van der Waals surface area (Å²) in [7, 11) is 0. The molecule has 1 N–H and O–H groups in total. The van der Waals surface area contributed by atoms with Crippen molar-refractivity contribution in [2.75, 3.05) is 0 Å². The van der Waals surface area contributed by atoms with E-state index in [1.54, 1.807) is 35.2 Å². The lowest BCUT2D eigenvalue weighted by molar-refractivity contribution is 0.0690. The third-order valence-corrected chi connectivity index (χ3v) is 3.50. The largest absolute Gasteiger partial charge is 0.476 e. The Kier molecular flexibility index (Phi) is 3.03. The van der Waals surface area contributed by atoms with E-state index in [2.05, 4.69) is 10.1 Å². The predicted octanol–water partition coefficient (Wildman–Crippen LogP) is 1.60. The van der Waals surface area contributed by atoms with E-state index in [1.807, 2.05) is 0 Å². The SMILES string of the molecule is O=C(O)c1nn(Cc2cscn2)c(=O)c2ccccc12. The van der Waals surface area contributed by atoms with Crippen LogP contribution in [0.15, 0.2) is 40.0 Å². The molecule has 3 rings (SSSR count). The van der Waals surface area contributed by atoms with E-state index in [-0.39, 0.29) is 17.8 Å². The number of rotatable bonds is 3. The normalized spacial score (nSPS) is 10.8. The number of hydrogen-bond acceptors (Lipinski definition) is 5. The molecule has 0 saturated heterocycles. The second-order valence-corrected chi connectivity index (χ2v) is 4.86. The van der Waals surface area contributed by atoms with Gasteiger partial charge in [-0.15, -0.1) is 11.3 Å². The lowest BCUT2D eigenvalue weighted by atomic mass is 10.1. The van der Waals surface area contributed by atoms with Gasteiger partial charge in [-0.3, -0.25) is 4.79 Å². The van der Waals surface area contributed by atoms with E-state index in [1.165, 1.54) is 11.3 Å². The Balaban J connectivity index is 2.25. The van der Waals surface area contributed by atoms with Crippen LogP contribution in [0.2, 0.25) is 0 Å². The molecule has 0 amide bonds. The number of hydrogen-bond donors (Lipinski definition) is 1. The molecule has 0 bridgehead atoms. The Morgan fingerprint density at radius 2 is 2.05 bits per heavy atom. The van der Waals surface area contributed by atoms with Crippen molar-refractivity contribution in [3.8, 4) is 0 Å². The summed E-state index contributed by atoms with van der Waals surface area (Å²) in [5, 5.41) is 15.7. The molecular weight excluding hydrogens is 278 g/mol.